The summed E-state index contributed by atoms with van der Waals surface area (Å²) in [6, 6.07) is 22.9. The predicted molar refractivity (Wildman–Crippen MR) is 122 cm³/mol. The molecule has 0 radical (unpaired) electrons. The Kier molecular flexibility index (Phi) is 5.13. The number of allylic oxidation sites excluding steroid dienone is 4. The van der Waals surface area contributed by atoms with Crippen molar-refractivity contribution in [2.24, 2.45) is 0 Å². The van der Waals surface area contributed by atoms with Crippen molar-refractivity contribution in [1.82, 2.24) is 0 Å². The molecular formula is C25H35SiTi. The molecule has 1 aliphatic rings. The van der Waals surface area contributed by atoms with Gasteiger partial charge in [0, 0.05) is 0 Å². The molecule has 0 atom stereocenters. The predicted octanol–water partition coefficient (Wildman–Crippen LogP) is 6.22. The van der Waals surface area contributed by atoms with Crippen LogP contribution in [0.5, 0.6) is 0 Å². The molecule has 0 unspecified atom stereocenters. The first kappa shape index (κ1) is 20.6. The molecule has 2 aromatic rings. The molecule has 143 valence electrons. The van der Waals surface area contributed by atoms with Crippen LogP contribution in [0.25, 0.3) is 0 Å². The second-order valence-corrected chi connectivity index (χ2v) is 35.1. The van der Waals surface area contributed by atoms with Crippen molar-refractivity contribution in [1.29, 1.82) is 0 Å². The van der Waals surface area contributed by atoms with Crippen LogP contribution in [0.15, 0.2) is 83.0 Å². The normalized spacial score (nSPS) is 18.8. The quantitative estimate of drug-likeness (QED) is 0.524. The fourth-order valence-electron chi connectivity index (χ4n) is 5.87. The molecule has 3 rings (SSSR count). The van der Waals surface area contributed by atoms with Crippen molar-refractivity contribution in [3.63, 3.8) is 0 Å². The van der Waals surface area contributed by atoms with Crippen LogP contribution in [0, 0.1) is 0 Å². The molecule has 0 aromatic heterocycles. The molecule has 0 nitrogen and oxygen atoms in total. The van der Waals surface area contributed by atoms with Crippen LogP contribution in [-0.4, -0.2) is 6.66 Å². The Morgan fingerprint density at radius 1 is 0.630 bits per heavy atom. The Bertz CT molecular complexity index is 848. The molecule has 0 amide bonds. The summed E-state index contributed by atoms with van der Waals surface area (Å²) >= 11 is -3.08. The summed E-state index contributed by atoms with van der Waals surface area (Å²) in [5.41, 5.74) is 6.33. The van der Waals surface area contributed by atoms with E-state index in [2.05, 4.69) is 111 Å². The Balaban J connectivity index is 2.34. The molecule has 0 saturated carbocycles. The van der Waals surface area contributed by atoms with E-state index >= 15 is 0 Å². The Morgan fingerprint density at radius 3 is 1.30 bits per heavy atom. The van der Waals surface area contributed by atoms with E-state index in [1.165, 1.54) is 11.1 Å². The number of hydrogen-bond acceptors (Lipinski definition) is 0. The molecule has 0 fully saturated rings. The minimum absolute atomic E-state index is 0.230. The molecule has 0 saturated heterocycles. The average Bonchev–Trinajstić information content (AvgIpc) is 2.79. The van der Waals surface area contributed by atoms with Crippen LogP contribution >= 0.6 is 0 Å². The van der Waals surface area contributed by atoms with Crippen LogP contribution in [0.1, 0.15) is 34.6 Å². The molecule has 1 aliphatic carbocycles. The Labute approximate surface area is 168 Å². The molecule has 0 aliphatic heterocycles. The van der Waals surface area contributed by atoms with E-state index in [4.69, 9.17) is 0 Å². The SMILES string of the molecule is CC1=C(C)[C](C)([Ti]([CH3])([CH3])([CH3])[SiH](c2ccccc2)c2ccccc2)C(C)=C1C. The summed E-state index contributed by atoms with van der Waals surface area (Å²) in [5, 5.41) is 11.4. The van der Waals surface area contributed by atoms with Gasteiger partial charge in [-0.15, -0.1) is 0 Å². The Morgan fingerprint density at radius 2 is 0.963 bits per heavy atom. The molecule has 2 heteroatoms. The third-order valence-corrected chi connectivity index (χ3v) is 34.1. The van der Waals surface area contributed by atoms with Gasteiger partial charge < -0.3 is 0 Å². The minimum atomic E-state index is -3.08. The van der Waals surface area contributed by atoms with Gasteiger partial charge in [-0.25, -0.2) is 0 Å². The van der Waals surface area contributed by atoms with E-state index in [0.29, 0.717) is 0 Å². The summed E-state index contributed by atoms with van der Waals surface area (Å²) in [6.45, 7) is 10.7. The summed E-state index contributed by atoms with van der Waals surface area (Å²) < 4.78 is 0.230. The van der Waals surface area contributed by atoms with Crippen LogP contribution in [-0.2, 0) is 14.6 Å². The van der Waals surface area contributed by atoms with E-state index < -0.39 is 21.2 Å². The topological polar surface area (TPSA) is 0 Å². The van der Waals surface area contributed by atoms with Crippen LogP contribution in [0.3, 0.4) is 0 Å². The van der Waals surface area contributed by atoms with Gasteiger partial charge in [-0.3, -0.25) is 0 Å². The monoisotopic (exact) mass is 411 g/mol. The second kappa shape index (κ2) is 6.72. The zero-order valence-electron chi connectivity index (χ0n) is 18.4. The van der Waals surface area contributed by atoms with Gasteiger partial charge in [-0.2, -0.15) is 0 Å². The summed E-state index contributed by atoms with van der Waals surface area (Å²) in [5.74, 6) is 0. The van der Waals surface area contributed by atoms with Crippen molar-refractivity contribution < 1.29 is 14.6 Å². The standard InChI is InChI=1S/C12H11Si.C10H15.3CH3.Ti/c1-3-7-11(8-4-1)13-12-9-5-2-6-10-12;1-6-7(2)9(4)10(5)8(6)3;;;;/h1-10,13H;1-5H3;3*1H3;. The molecule has 0 N–H and O–H groups in total. The second-order valence-electron chi connectivity index (χ2n) is 10.1. The van der Waals surface area contributed by atoms with Crippen molar-refractivity contribution in [3.05, 3.63) is 83.0 Å². The Hall–Kier alpha value is -1.15. The first-order valence-electron chi connectivity index (χ1n) is 10.2. The first-order chi connectivity index (χ1) is 12.5. The third-order valence-electron chi connectivity index (χ3n) is 8.25. The molecule has 0 bridgehead atoms. The average molecular weight is 412 g/mol. The fourth-order valence-corrected chi connectivity index (χ4v) is 32.4. The van der Waals surface area contributed by atoms with Crippen molar-refractivity contribution in [2.75, 3.05) is 0 Å². The molecular weight excluding hydrogens is 376 g/mol. The van der Waals surface area contributed by atoms with Crippen molar-refractivity contribution >= 4 is 17.0 Å². The van der Waals surface area contributed by atoms with Gasteiger partial charge in [0.2, 0.25) is 0 Å². The van der Waals surface area contributed by atoms with E-state index in [-0.39, 0.29) is 3.72 Å². The first-order valence-corrected chi connectivity index (χ1v) is 20.1. The van der Waals surface area contributed by atoms with Gasteiger partial charge in [0.1, 0.15) is 0 Å². The number of rotatable bonds is 4. The van der Waals surface area contributed by atoms with Crippen molar-refractivity contribution in [2.45, 2.75) is 54.0 Å². The third kappa shape index (κ3) is 2.90. The van der Waals surface area contributed by atoms with Crippen LogP contribution < -0.4 is 10.4 Å². The van der Waals surface area contributed by atoms with Gasteiger partial charge in [0.05, 0.1) is 0 Å². The van der Waals surface area contributed by atoms with Crippen LogP contribution in [0.4, 0.5) is 0 Å². The van der Waals surface area contributed by atoms with Gasteiger partial charge >= 0.3 is 169 Å². The fraction of sp³-hybridized carbons (Fsp3) is 0.360. The zero-order valence-corrected chi connectivity index (χ0v) is 21.1. The molecule has 0 heterocycles. The van der Waals surface area contributed by atoms with Gasteiger partial charge in [-0.1, -0.05) is 0 Å². The summed E-state index contributed by atoms with van der Waals surface area (Å²) in [7, 11) is 0. The zero-order chi connectivity index (χ0) is 20.1. The maximum atomic E-state index is 2.73. The van der Waals surface area contributed by atoms with E-state index in [1.807, 2.05) is 0 Å². The summed E-state index contributed by atoms with van der Waals surface area (Å²) in [4.78, 5) is 0. The van der Waals surface area contributed by atoms with Gasteiger partial charge in [0.25, 0.3) is 0 Å². The van der Waals surface area contributed by atoms with Crippen molar-refractivity contribution in [3.8, 4) is 0 Å². The summed E-state index contributed by atoms with van der Waals surface area (Å²) in [6.07, 6.45) is 0. The molecule has 27 heavy (non-hydrogen) atoms. The molecule has 0 spiro atoms. The molecule has 2 aromatic carbocycles. The van der Waals surface area contributed by atoms with Gasteiger partial charge in [-0.05, 0) is 0 Å². The van der Waals surface area contributed by atoms with E-state index in [1.54, 1.807) is 21.5 Å². The maximum absolute atomic E-state index is 3.08. The van der Waals surface area contributed by atoms with E-state index in [0.717, 1.165) is 0 Å². The van der Waals surface area contributed by atoms with E-state index in [9.17, 15) is 0 Å². The number of hydrogen-bond donors (Lipinski definition) is 0. The number of benzene rings is 2. The van der Waals surface area contributed by atoms with Crippen LogP contribution in [0.2, 0.25) is 19.4 Å². The van der Waals surface area contributed by atoms with Gasteiger partial charge in [0.15, 0.2) is 0 Å².